The molecule has 0 bridgehead atoms. The van der Waals surface area contributed by atoms with E-state index in [-0.39, 0.29) is 16.5 Å². The van der Waals surface area contributed by atoms with E-state index in [1.807, 2.05) is 55.6 Å². The average molecular weight is 405 g/mol. The number of aryl methyl sites for hydroxylation is 1. The lowest BCUT2D eigenvalue weighted by molar-refractivity contribution is -0.692. The van der Waals surface area contributed by atoms with Crippen molar-refractivity contribution >= 4 is 29.1 Å². The first-order chi connectivity index (χ1) is 14.0. The predicted molar refractivity (Wildman–Crippen MR) is 113 cm³/mol. The van der Waals surface area contributed by atoms with E-state index in [9.17, 15) is 14.9 Å². The molecule has 146 valence electrons. The Kier molecular flexibility index (Phi) is 6.41. The monoisotopic (exact) mass is 405 g/mol. The minimum Gasteiger partial charge on any atom is -0.758 e. The number of carbonyl (C=O) groups is 1. The Morgan fingerprint density at radius 3 is 2.41 bits per heavy atom. The molecule has 0 aliphatic carbocycles. The van der Waals surface area contributed by atoms with E-state index < -0.39 is 11.0 Å². The number of Topliss-reactive ketones (excluding diaryl/α,β-unsaturated/α-hetero) is 1. The highest BCUT2D eigenvalue weighted by atomic mass is 32.1. The molecule has 1 aromatic heterocycles. The lowest BCUT2D eigenvalue weighted by Gasteiger charge is -2.19. The molecule has 0 saturated carbocycles. The Balaban J connectivity index is 1.96. The summed E-state index contributed by atoms with van der Waals surface area (Å²) in [5, 5.41) is 11.1. The fourth-order valence-corrected chi connectivity index (χ4v) is 3.19. The van der Waals surface area contributed by atoms with Crippen LogP contribution in [0, 0.1) is 17.0 Å². The maximum atomic E-state index is 13.3. The summed E-state index contributed by atoms with van der Waals surface area (Å²) in [4.78, 5) is 28.1. The molecule has 29 heavy (non-hydrogen) atoms. The Labute approximate surface area is 174 Å². The maximum absolute atomic E-state index is 13.3. The Morgan fingerprint density at radius 2 is 1.79 bits per heavy atom. The van der Waals surface area contributed by atoms with Crippen molar-refractivity contribution < 1.29 is 14.3 Å². The summed E-state index contributed by atoms with van der Waals surface area (Å²) in [6.07, 6.45) is 3.60. The highest BCUT2D eigenvalue weighted by Crippen LogP contribution is 2.17. The van der Waals surface area contributed by atoms with Crippen LogP contribution in [-0.4, -0.2) is 15.8 Å². The van der Waals surface area contributed by atoms with Crippen LogP contribution in [-0.2, 0) is 19.2 Å². The predicted octanol–water partition coefficient (Wildman–Crippen LogP) is 3.76. The minimum absolute atomic E-state index is 0.0716. The number of hydrogen-bond acceptors (Lipinski definition) is 5. The number of nitro benzene ring substituents is 1. The van der Waals surface area contributed by atoms with Crippen LogP contribution in [0.1, 0.15) is 27.5 Å². The van der Waals surface area contributed by atoms with Crippen LogP contribution in [0.25, 0.3) is 0 Å². The topological polar surface area (TPSA) is 76.5 Å². The summed E-state index contributed by atoms with van der Waals surface area (Å²) in [6, 6.07) is 18.1. The molecule has 0 N–H and O–H groups in total. The zero-order valence-electron chi connectivity index (χ0n) is 15.8. The normalized spacial score (nSPS) is 12.4. The van der Waals surface area contributed by atoms with Gasteiger partial charge in [0, 0.05) is 29.3 Å². The van der Waals surface area contributed by atoms with Crippen LogP contribution < -0.4 is 4.57 Å². The summed E-state index contributed by atoms with van der Waals surface area (Å²) in [5.41, 5.74) is 2.23. The second-order valence-corrected chi connectivity index (χ2v) is 6.96. The second-order valence-electron chi connectivity index (χ2n) is 6.54. The van der Waals surface area contributed by atoms with E-state index in [0.717, 1.165) is 11.1 Å². The largest absolute Gasteiger partial charge is 0.758 e. The van der Waals surface area contributed by atoms with Gasteiger partial charge in [-0.3, -0.25) is 14.9 Å². The molecule has 3 aromatic rings. The van der Waals surface area contributed by atoms with Gasteiger partial charge in [0.1, 0.15) is 0 Å². The summed E-state index contributed by atoms with van der Waals surface area (Å²) >= 11 is 5.53. The van der Waals surface area contributed by atoms with Gasteiger partial charge in [0.2, 0.25) is 11.8 Å². The molecule has 3 rings (SSSR count). The van der Waals surface area contributed by atoms with Crippen LogP contribution in [0.2, 0.25) is 0 Å². The number of non-ortho nitro benzene ring substituents is 1. The Hall–Kier alpha value is -3.45. The molecule has 0 aliphatic rings. The molecule has 0 aliphatic heterocycles. The van der Waals surface area contributed by atoms with Crippen LogP contribution in [0.15, 0.2) is 84.1 Å². The van der Waals surface area contributed by atoms with Crippen molar-refractivity contribution in [2.75, 3.05) is 0 Å². The molecule has 0 spiro atoms. The molecule has 6 nitrogen and oxygen atoms in total. The van der Waals surface area contributed by atoms with Gasteiger partial charge in [-0.1, -0.05) is 30.3 Å². The van der Waals surface area contributed by atoms with Gasteiger partial charge in [-0.15, -0.1) is 0 Å². The Morgan fingerprint density at radius 1 is 1.10 bits per heavy atom. The van der Waals surface area contributed by atoms with E-state index in [4.69, 9.17) is 12.6 Å². The molecule has 0 radical (unpaired) electrons. The number of hydrogen-bond donors (Lipinski definition) is 0. The molecular weight excluding hydrogens is 386 g/mol. The van der Waals surface area contributed by atoms with Crippen molar-refractivity contribution in [3.8, 4) is 0 Å². The number of ketones is 1. The van der Waals surface area contributed by atoms with E-state index in [2.05, 4.69) is 4.99 Å². The number of aromatic nitrogens is 1. The van der Waals surface area contributed by atoms with E-state index in [0.29, 0.717) is 12.1 Å². The highest BCUT2D eigenvalue weighted by molar-refractivity contribution is 7.77. The van der Waals surface area contributed by atoms with Crippen LogP contribution >= 0.6 is 0 Å². The van der Waals surface area contributed by atoms with Gasteiger partial charge in [-0.25, -0.2) is 0 Å². The third kappa shape index (κ3) is 5.08. The smallest absolute Gasteiger partial charge is 0.269 e. The number of pyridine rings is 1. The van der Waals surface area contributed by atoms with Gasteiger partial charge < -0.3 is 17.6 Å². The van der Waals surface area contributed by atoms with Gasteiger partial charge in [0.15, 0.2) is 12.4 Å². The van der Waals surface area contributed by atoms with E-state index in [1.54, 1.807) is 10.8 Å². The summed E-state index contributed by atoms with van der Waals surface area (Å²) in [5.74, 6) is -0.266. The van der Waals surface area contributed by atoms with Crippen molar-refractivity contribution in [1.29, 1.82) is 0 Å². The number of benzene rings is 2. The van der Waals surface area contributed by atoms with E-state index in [1.165, 1.54) is 24.3 Å². The maximum Gasteiger partial charge on any atom is 0.269 e. The molecule has 0 saturated heterocycles. The Bertz CT molecular complexity index is 1050. The highest BCUT2D eigenvalue weighted by Gasteiger charge is 2.28. The van der Waals surface area contributed by atoms with Crippen LogP contribution in [0.4, 0.5) is 5.69 Å². The fourth-order valence-electron chi connectivity index (χ4n) is 2.90. The minimum atomic E-state index is -0.810. The zero-order chi connectivity index (χ0) is 20.8. The van der Waals surface area contributed by atoms with Crippen LogP contribution in [0.5, 0.6) is 0 Å². The first-order valence-corrected chi connectivity index (χ1v) is 9.38. The zero-order valence-corrected chi connectivity index (χ0v) is 16.6. The lowest BCUT2D eigenvalue weighted by atomic mass is 10.0. The third-order valence-electron chi connectivity index (χ3n) is 4.37. The number of carbonyl (C=O) groups excluding carboxylic acids is 1. The first-order valence-electron chi connectivity index (χ1n) is 8.97. The first kappa shape index (κ1) is 20.3. The molecule has 0 amide bonds. The van der Waals surface area contributed by atoms with Crippen molar-refractivity contribution in [3.05, 3.63) is 106 Å². The molecule has 2 aromatic carbocycles. The third-order valence-corrected chi connectivity index (χ3v) is 4.73. The molecule has 1 atom stereocenters. The van der Waals surface area contributed by atoms with Crippen molar-refractivity contribution in [1.82, 2.24) is 0 Å². The lowest BCUT2D eigenvalue weighted by Crippen LogP contribution is -2.47. The fraction of sp³-hybridized carbons (Fsp3) is 0.136. The summed E-state index contributed by atoms with van der Waals surface area (Å²) < 4.78 is 1.73. The number of rotatable bonds is 7. The number of aliphatic imine (C=N–C) groups is 1. The average Bonchev–Trinajstić information content (AvgIpc) is 2.73. The number of nitrogens with zero attached hydrogens (tertiary/aromatic N) is 3. The van der Waals surface area contributed by atoms with Gasteiger partial charge >= 0.3 is 0 Å². The van der Waals surface area contributed by atoms with E-state index >= 15 is 0 Å². The second kappa shape index (κ2) is 9.16. The molecule has 7 heteroatoms. The molecule has 1 heterocycles. The molecule has 0 fully saturated rings. The molecular formula is C22H19N3O3S. The van der Waals surface area contributed by atoms with Crippen molar-refractivity contribution in [2.24, 2.45) is 4.99 Å². The number of nitro groups is 1. The van der Waals surface area contributed by atoms with Crippen molar-refractivity contribution in [2.45, 2.75) is 19.5 Å². The van der Waals surface area contributed by atoms with Gasteiger partial charge in [0.05, 0.1) is 11.5 Å². The summed E-state index contributed by atoms with van der Waals surface area (Å²) in [7, 11) is 0. The van der Waals surface area contributed by atoms with Crippen LogP contribution in [0.3, 0.4) is 0 Å². The SMILES string of the molecule is Cc1ccc[n+]([C@H](C(=O)c2ccc([N+](=O)[O-])cc2)C([S-])=NCc2ccccc2)c1. The molecule has 0 unspecified atom stereocenters. The van der Waals surface area contributed by atoms with Gasteiger partial charge in [-0.05, 0) is 35.7 Å². The quantitative estimate of drug-likeness (QED) is 0.114. The standard InChI is InChI=1S/C22H19N3O3S/c1-16-6-5-13-24(15-16)20(22(29)23-14-17-7-3-2-4-8-17)21(26)18-9-11-19(12-10-18)25(27)28/h2-13,15,20H,14H2,1H3/t20-/m1/s1. The van der Waals surface area contributed by atoms with Gasteiger partial charge in [-0.2, -0.15) is 4.57 Å². The van der Waals surface area contributed by atoms with Crippen molar-refractivity contribution in [3.63, 3.8) is 0 Å². The summed E-state index contributed by atoms with van der Waals surface area (Å²) in [6.45, 7) is 2.30. The van der Waals surface area contributed by atoms with Gasteiger partial charge in [0.25, 0.3) is 5.69 Å².